The summed E-state index contributed by atoms with van der Waals surface area (Å²) < 4.78 is 26.9. The number of benzene rings is 2. The van der Waals surface area contributed by atoms with Gasteiger partial charge in [-0.3, -0.25) is 4.98 Å². The fourth-order valence-electron chi connectivity index (χ4n) is 3.52. The standard InChI is InChI=1S/C24H23FN2O2.ClH/c1-16-17(2)27(14-19-5-4-6-21(13-19)28-3)24-22(11-12-26-23(16)24)29-15-18-7-9-20(25)10-8-18;/h4-13H,14-15H2,1-3H3;1H. The van der Waals surface area contributed by atoms with E-state index in [0.717, 1.165) is 44.9 Å². The molecule has 0 aliphatic heterocycles. The van der Waals surface area contributed by atoms with E-state index in [9.17, 15) is 4.39 Å². The van der Waals surface area contributed by atoms with Crippen LogP contribution in [0.15, 0.2) is 60.8 Å². The van der Waals surface area contributed by atoms with Gasteiger partial charge in [0, 0.05) is 24.5 Å². The van der Waals surface area contributed by atoms with E-state index in [2.05, 4.69) is 29.5 Å². The highest BCUT2D eigenvalue weighted by molar-refractivity contribution is 5.86. The molecule has 0 aliphatic rings. The molecule has 2 aromatic heterocycles. The van der Waals surface area contributed by atoms with Crippen LogP contribution in [0.2, 0.25) is 0 Å². The number of aromatic nitrogens is 2. The minimum atomic E-state index is -0.251. The Kier molecular flexibility index (Phi) is 6.63. The topological polar surface area (TPSA) is 36.3 Å². The third-order valence-corrected chi connectivity index (χ3v) is 5.24. The van der Waals surface area contributed by atoms with Crippen LogP contribution < -0.4 is 9.47 Å². The Hall–Kier alpha value is -3.05. The SMILES string of the molecule is COc1cccc(Cn2c(C)c(C)c3nccc(OCc4ccc(F)cc4)c32)c1.Cl. The van der Waals surface area contributed by atoms with Crippen LogP contribution in [-0.2, 0) is 13.2 Å². The predicted octanol–water partition coefficient (Wildman–Crippen LogP) is 5.85. The Morgan fingerprint density at radius 1 is 1.00 bits per heavy atom. The quantitative estimate of drug-likeness (QED) is 0.388. The van der Waals surface area contributed by atoms with Gasteiger partial charge in [0.1, 0.15) is 29.4 Å². The lowest BCUT2D eigenvalue weighted by atomic mass is 10.2. The number of nitrogens with zero attached hydrogens (tertiary/aromatic N) is 2. The maximum atomic E-state index is 13.2. The van der Waals surface area contributed by atoms with Gasteiger partial charge in [-0.2, -0.15) is 0 Å². The van der Waals surface area contributed by atoms with Crippen molar-refractivity contribution in [2.75, 3.05) is 7.11 Å². The Morgan fingerprint density at radius 3 is 2.50 bits per heavy atom. The molecule has 0 unspecified atom stereocenters. The number of fused-ring (bicyclic) bond motifs is 1. The first-order chi connectivity index (χ1) is 14.1. The molecule has 6 heteroatoms. The van der Waals surface area contributed by atoms with E-state index < -0.39 is 0 Å². The largest absolute Gasteiger partial charge is 0.497 e. The number of aryl methyl sites for hydroxylation is 1. The first kappa shape index (κ1) is 21.7. The third-order valence-electron chi connectivity index (χ3n) is 5.24. The molecule has 0 atom stereocenters. The minimum absolute atomic E-state index is 0. The predicted molar refractivity (Wildman–Crippen MR) is 119 cm³/mol. The second-order valence-corrected chi connectivity index (χ2v) is 7.07. The van der Waals surface area contributed by atoms with Gasteiger partial charge in [-0.25, -0.2) is 4.39 Å². The van der Waals surface area contributed by atoms with Crippen molar-refractivity contribution in [3.8, 4) is 11.5 Å². The summed E-state index contributed by atoms with van der Waals surface area (Å²) >= 11 is 0. The van der Waals surface area contributed by atoms with Gasteiger partial charge in [0.25, 0.3) is 0 Å². The number of pyridine rings is 1. The van der Waals surface area contributed by atoms with Crippen molar-refractivity contribution < 1.29 is 13.9 Å². The molecule has 0 N–H and O–H groups in total. The lowest BCUT2D eigenvalue weighted by Gasteiger charge is -2.13. The van der Waals surface area contributed by atoms with Crippen molar-refractivity contribution in [1.29, 1.82) is 0 Å². The van der Waals surface area contributed by atoms with Crippen molar-refractivity contribution in [1.82, 2.24) is 9.55 Å². The summed E-state index contributed by atoms with van der Waals surface area (Å²) in [5.74, 6) is 1.34. The Balaban J connectivity index is 0.00000256. The number of ether oxygens (including phenoxy) is 2. The van der Waals surface area contributed by atoms with Crippen LogP contribution in [-0.4, -0.2) is 16.7 Å². The normalized spacial score (nSPS) is 10.7. The summed E-state index contributed by atoms with van der Waals surface area (Å²) in [6.45, 7) is 5.23. The summed E-state index contributed by atoms with van der Waals surface area (Å²) in [7, 11) is 1.67. The molecular formula is C24H24ClFN2O2. The van der Waals surface area contributed by atoms with Crippen LogP contribution in [0.25, 0.3) is 11.0 Å². The highest BCUT2D eigenvalue weighted by Crippen LogP contribution is 2.32. The lowest BCUT2D eigenvalue weighted by Crippen LogP contribution is -2.04. The van der Waals surface area contributed by atoms with Gasteiger partial charge in [0.2, 0.25) is 0 Å². The van der Waals surface area contributed by atoms with Crippen LogP contribution in [0.5, 0.6) is 11.5 Å². The van der Waals surface area contributed by atoms with Crippen molar-refractivity contribution in [3.05, 3.63) is 89.0 Å². The molecule has 156 valence electrons. The first-order valence-electron chi connectivity index (χ1n) is 9.51. The van der Waals surface area contributed by atoms with Gasteiger partial charge in [0.15, 0.2) is 0 Å². The zero-order valence-corrected chi connectivity index (χ0v) is 18.0. The van der Waals surface area contributed by atoms with Crippen molar-refractivity contribution >= 4 is 23.4 Å². The highest BCUT2D eigenvalue weighted by atomic mass is 35.5. The summed E-state index contributed by atoms with van der Waals surface area (Å²) in [6.07, 6.45) is 1.77. The maximum Gasteiger partial charge on any atom is 0.147 e. The van der Waals surface area contributed by atoms with E-state index in [4.69, 9.17) is 9.47 Å². The van der Waals surface area contributed by atoms with Crippen LogP contribution >= 0.6 is 12.4 Å². The molecule has 0 bridgehead atoms. The van der Waals surface area contributed by atoms with Gasteiger partial charge < -0.3 is 14.0 Å². The molecular weight excluding hydrogens is 403 g/mol. The highest BCUT2D eigenvalue weighted by Gasteiger charge is 2.17. The molecule has 4 aromatic rings. The zero-order valence-electron chi connectivity index (χ0n) is 17.2. The first-order valence-corrected chi connectivity index (χ1v) is 9.51. The monoisotopic (exact) mass is 426 g/mol. The number of halogens is 2. The molecule has 0 spiro atoms. The molecule has 0 aliphatic carbocycles. The minimum Gasteiger partial charge on any atom is -0.497 e. The van der Waals surface area contributed by atoms with Gasteiger partial charge in [-0.15, -0.1) is 12.4 Å². The summed E-state index contributed by atoms with van der Waals surface area (Å²) in [6, 6.07) is 16.3. The average molecular weight is 427 g/mol. The number of rotatable bonds is 6. The smallest absolute Gasteiger partial charge is 0.147 e. The third kappa shape index (κ3) is 4.26. The Morgan fingerprint density at radius 2 is 1.77 bits per heavy atom. The van der Waals surface area contributed by atoms with Crippen LogP contribution in [0, 0.1) is 19.7 Å². The second-order valence-electron chi connectivity index (χ2n) is 7.07. The van der Waals surface area contributed by atoms with E-state index in [1.54, 1.807) is 25.4 Å². The van der Waals surface area contributed by atoms with Gasteiger partial charge >= 0.3 is 0 Å². The fraction of sp³-hybridized carbons (Fsp3) is 0.208. The average Bonchev–Trinajstić information content (AvgIpc) is 2.99. The molecule has 30 heavy (non-hydrogen) atoms. The fourth-order valence-corrected chi connectivity index (χ4v) is 3.52. The second kappa shape index (κ2) is 9.18. The Bertz CT molecular complexity index is 1160. The van der Waals surface area contributed by atoms with Crippen LogP contribution in [0.4, 0.5) is 4.39 Å². The van der Waals surface area contributed by atoms with Crippen molar-refractivity contribution in [2.45, 2.75) is 27.0 Å². The van der Waals surface area contributed by atoms with E-state index in [1.807, 2.05) is 24.3 Å². The number of hydrogen-bond donors (Lipinski definition) is 0. The molecule has 0 saturated carbocycles. The maximum absolute atomic E-state index is 13.2. The summed E-state index contributed by atoms with van der Waals surface area (Å²) in [5, 5.41) is 0. The summed E-state index contributed by atoms with van der Waals surface area (Å²) in [5.41, 5.74) is 6.23. The van der Waals surface area contributed by atoms with E-state index >= 15 is 0 Å². The molecule has 2 aromatic carbocycles. The molecule has 0 amide bonds. The van der Waals surface area contributed by atoms with Gasteiger partial charge in [0.05, 0.1) is 12.6 Å². The molecule has 0 fully saturated rings. The van der Waals surface area contributed by atoms with E-state index in [0.29, 0.717) is 13.2 Å². The van der Waals surface area contributed by atoms with Crippen molar-refractivity contribution in [2.24, 2.45) is 0 Å². The lowest BCUT2D eigenvalue weighted by molar-refractivity contribution is 0.308. The van der Waals surface area contributed by atoms with E-state index in [1.165, 1.54) is 12.1 Å². The Labute approximate surface area is 181 Å². The van der Waals surface area contributed by atoms with Crippen LogP contribution in [0.1, 0.15) is 22.4 Å². The number of methoxy groups -OCH3 is 1. The zero-order chi connectivity index (χ0) is 20.4. The molecule has 2 heterocycles. The van der Waals surface area contributed by atoms with E-state index in [-0.39, 0.29) is 18.2 Å². The van der Waals surface area contributed by atoms with Gasteiger partial charge in [-0.1, -0.05) is 24.3 Å². The number of hydrogen-bond acceptors (Lipinski definition) is 3. The van der Waals surface area contributed by atoms with Gasteiger partial charge in [-0.05, 0) is 54.8 Å². The molecule has 0 radical (unpaired) electrons. The molecule has 0 saturated heterocycles. The summed E-state index contributed by atoms with van der Waals surface area (Å²) in [4.78, 5) is 4.59. The van der Waals surface area contributed by atoms with Crippen LogP contribution in [0.3, 0.4) is 0 Å². The van der Waals surface area contributed by atoms with Crippen molar-refractivity contribution in [3.63, 3.8) is 0 Å². The molecule has 4 nitrogen and oxygen atoms in total. The molecule has 4 rings (SSSR count).